The summed E-state index contributed by atoms with van der Waals surface area (Å²) in [6.45, 7) is 7.98. The van der Waals surface area contributed by atoms with Crippen molar-refractivity contribution in [3.8, 4) is 0 Å². The minimum absolute atomic E-state index is 0.317. The van der Waals surface area contributed by atoms with E-state index in [-0.39, 0.29) is 5.82 Å². The Morgan fingerprint density at radius 1 is 1.14 bits per heavy atom. The second-order valence-electron chi connectivity index (χ2n) is 8.25. The first-order chi connectivity index (χ1) is 13.7. The van der Waals surface area contributed by atoms with Crippen LogP contribution < -0.4 is 11.1 Å². The van der Waals surface area contributed by atoms with E-state index in [0.717, 1.165) is 16.8 Å². The van der Waals surface area contributed by atoms with Gasteiger partial charge < -0.3 is 11.1 Å². The van der Waals surface area contributed by atoms with Crippen LogP contribution in [-0.2, 0) is 5.54 Å². The molecule has 150 valence electrons. The second kappa shape index (κ2) is 6.66. The summed E-state index contributed by atoms with van der Waals surface area (Å²) in [6, 6.07) is 11.9. The Kier molecular flexibility index (Phi) is 4.38. The van der Waals surface area contributed by atoms with Crippen molar-refractivity contribution >= 4 is 17.2 Å². The van der Waals surface area contributed by atoms with Gasteiger partial charge >= 0.3 is 0 Å². The molecule has 7 nitrogen and oxygen atoms in total. The van der Waals surface area contributed by atoms with Gasteiger partial charge in [-0.05, 0) is 42.2 Å². The fourth-order valence-electron chi connectivity index (χ4n) is 3.41. The Balaban J connectivity index is 1.91. The van der Waals surface area contributed by atoms with E-state index in [4.69, 9.17) is 15.8 Å². The van der Waals surface area contributed by atoms with Gasteiger partial charge in [0.1, 0.15) is 16.9 Å². The molecule has 0 aliphatic rings. The molecule has 0 saturated heterocycles. The number of aromatic amines is 1. The molecule has 4 rings (SSSR count). The molecule has 0 aliphatic carbocycles. The number of nitrogens with one attached hydrogen (secondary N) is 2. The molecular formula is C21H24FN7. The zero-order valence-corrected chi connectivity index (χ0v) is 16.9. The van der Waals surface area contributed by atoms with Gasteiger partial charge in [0.25, 0.3) is 0 Å². The van der Waals surface area contributed by atoms with Gasteiger partial charge in [0, 0.05) is 18.0 Å². The zero-order chi connectivity index (χ0) is 20.8. The molecule has 1 unspecified atom stereocenters. The summed E-state index contributed by atoms with van der Waals surface area (Å²) in [5.74, 6) is 1.35. The highest BCUT2D eigenvalue weighted by Crippen LogP contribution is 2.41. The van der Waals surface area contributed by atoms with E-state index in [1.54, 1.807) is 16.6 Å². The van der Waals surface area contributed by atoms with Gasteiger partial charge in [0.05, 0.1) is 0 Å². The van der Waals surface area contributed by atoms with Gasteiger partial charge in [-0.1, -0.05) is 32.9 Å². The SMILES string of the molecule is Cc1cc(Nc2nc(C(N)(c3ccc(F)cc3)C(C)(C)C)nn3cccc23)n[nH]1. The first-order valence-electron chi connectivity index (χ1n) is 9.38. The van der Waals surface area contributed by atoms with E-state index in [2.05, 4.69) is 15.5 Å². The molecule has 4 N–H and O–H groups in total. The Hall–Kier alpha value is -3.26. The van der Waals surface area contributed by atoms with Crippen molar-refractivity contribution in [3.63, 3.8) is 0 Å². The number of anilines is 2. The number of nitrogens with zero attached hydrogens (tertiary/aromatic N) is 4. The quantitative estimate of drug-likeness (QED) is 0.489. The molecule has 3 heterocycles. The lowest BCUT2D eigenvalue weighted by atomic mass is 9.69. The normalized spacial score (nSPS) is 14.1. The van der Waals surface area contributed by atoms with Crippen molar-refractivity contribution < 1.29 is 4.39 Å². The van der Waals surface area contributed by atoms with Crippen LogP contribution in [0.4, 0.5) is 16.0 Å². The summed E-state index contributed by atoms with van der Waals surface area (Å²) in [5.41, 5.74) is 7.94. The van der Waals surface area contributed by atoms with Crippen molar-refractivity contribution in [2.45, 2.75) is 33.2 Å². The van der Waals surface area contributed by atoms with E-state index in [0.29, 0.717) is 17.5 Å². The van der Waals surface area contributed by atoms with E-state index >= 15 is 0 Å². The number of H-pyrrole nitrogens is 1. The van der Waals surface area contributed by atoms with Crippen molar-refractivity contribution in [3.05, 3.63) is 71.6 Å². The van der Waals surface area contributed by atoms with Crippen LogP contribution >= 0.6 is 0 Å². The van der Waals surface area contributed by atoms with Crippen LogP contribution in [0.1, 0.15) is 37.9 Å². The van der Waals surface area contributed by atoms with Crippen molar-refractivity contribution in [1.82, 2.24) is 24.8 Å². The summed E-state index contributed by atoms with van der Waals surface area (Å²) in [4.78, 5) is 4.80. The maximum Gasteiger partial charge on any atom is 0.176 e. The van der Waals surface area contributed by atoms with Gasteiger partial charge in [0.2, 0.25) is 0 Å². The van der Waals surface area contributed by atoms with Crippen molar-refractivity contribution in [1.29, 1.82) is 0 Å². The zero-order valence-electron chi connectivity index (χ0n) is 16.9. The molecule has 0 aliphatic heterocycles. The summed E-state index contributed by atoms with van der Waals surface area (Å²) in [6.07, 6.45) is 1.84. The Labute approximate surface area is 168 Å². The maximum atomic E-state index is 13.6. The summed E-state index contributed by atoms with van der Waals surface area (Å²) in [7, 11) is 0. The lowest BCUT2D eigenvalue weighted by molar-refractivity contribution is 0.220. The minimum Gasteiger partial charge on any atom is -0.322 e. The summed E-state index contributed by atoms with van der Waals surface area (Å²) in [5, 5.41) is 15.1. The third-order valence-electron chi connectivity index (χ3n) is 5.18. The molecule has 8 heteroatoms. The van der Waals surface area contributed by atoms with Gasteiger partial charge in [-0.3, -0.25) is 5.10 Å². The topological polar surface area (TPSA) is 96.9 Å². The van der Waals surface area contributed by atoms with Gasteiger partial charge in [0.15, 0.2) is 17.5 Å². The predicted molar refractivity (Wildman–Crippen MR) is 110 cm³/mol. The van der Waals surface area contributed by atoms with E-state index < -0.39 is 11.0 Å². The molecule has 1 aromatic carbocycles. The number of halogens is 1. The first-order valence-corrected chi connectivity index (χ1v) is 9.38. The average molecular weight is 393 g/mol. The number of nitrogens with two attached hydrogens (primary N) is 1. The Morgan fingerprint density at radius 2 is 1.86 bits per heavy atom. The minimum atomic E-state index is -1.06. The lowest BCUT2D eigenvalue weighted by Crippen LogP contribution is -2.51. The highest BCUT2D eigenvalue weighted by molar-refractivity contribution is 5.72. The predicted octanol–water partition coefficient (Wildman–Crippen LogP) is 3.89. The number of hydrogen-bond donors (Lipinski definition) is 3. The molecule has 0 fully saturated rings. The fraction of sp³-hybridized carbons (Fsp3) is 0.286. The van der Waals surface area contributed by atoms with Crippen molar-refractivity contribution in [2.24, 2.45) is 11.1 Å². The van der Waals surface area contributed by atoms with Gasteiger partial charge in [-0.2, -0.15) is 10.2 Å². The van der Waals surface area contributed by atoms with Crippen LogP contribution in [0, 0.1) is 18.2 Å². The van der Waals surface area contributed by atoms with Crippen LogP contribution in [0.5, 0.6) is 0 Å². The Morgan fingerprint density at radius 3 is 2.48 bits per heavy atom. The molecule has 0 radical (unpaired) electrons. The van der Waals surface area contributed by atoms with Crippen molar-refractivity contribution in [2.75, 3.05) is 5.32 Å². The largest absolute Gasteiger partial charge is 0.322 e. The number of hydrogen-bond acceptors (Lipinski definition) is 5. The fourth-order valence-corrected chi connectivity index (χ4v) is 3.41. The number of aromatic nitrogens is 5. The van der Waals surface area contributed by atoms with Crippen LogP contribution in [0.15, 0.2) is 48.7 Å². The van der Waals surface area contributed by atoms with Gasteiger partial charge in [-0.25, -0.2) is 13.9 Å². The van der Waals surface area contributed by atoms with Crippen LogP contribution in [0.25, 0.3) is 5.52 Å². The third-order valence-corrected chi connectivity index (χ3v) is 5.18. The molecule has 3 aromatic heterocycles. The number of fused-ring (bicyclic) bond motifs is 1. The third kappa shape index (κ3) is 3.25. The van der Waals surface area contributed by atoms with E-state index in [9.17, 15) is 4.39 Å². The molecule has 4 aromatic rings. The number of rotatable bonds is 4. The highest BCUT2D eigenvalue weighted by atomic mass is 19.1. The van der Waals surface area contributed by atoms with E-state index in [1.165, 1.54) is 12.1 Å². The number of benzene rings is 1. The lowest BCUT2D eigenvalue weighted by Gasteiger charge is -2.40. The maximum absolute atomic E-state index is 13.6. The molecular weight excluding hydrogens is 369 g/mol. The first kappa shape index (κ1) is 19.1. The molecule has 0 saturated carbocycles. The molecule has 29 heavy (non-hydrogen) atoms. The second-order valence-corrected chi connectivity index (χ2v) is 8.25. The molecule has 0 bridgehead atoms. The summed E-state index contributed by atoms with van der Waals surface area (Å²) < 4.78 is 15.3. The smallest absolute Gasteiger partial charge is 0.176 e. The molecule has 0 spiro atoms. The average Bonchev–Trinajstić information content (AvgIpc) is 3.29. The van der Waals surface area contributed by atoms with Gasteiger partial charge in [-0.15, -0.1) is 0 Å². The molecule has 0 amide bonds. The standard InChI is InChI=1S/C21H24FN7/c1-13-12-17(27-26-13)24-18-16-6-5-11-29(16)28-19(25-18)21(23,20(2,3)4)14-7-9-15(22)10-8-14/h5-12H,23H2,1-4H3,(H2,24,25,26,27,28). The van der Waals surface area contributed by atoms with Crippen LogP contribution in [0.3, 0.4) is 0 Å². The Bertz CT molecular complexity index is 1150. The molecule has 1 atom stereocenters. The monoisotopic (exact) mass is 393 g/mol. The summed E-state index contributed by atoms with van der Waals surface area (Å²) >= 11 is 0. The van der Waals surface area contributed by atoms with E-state index in [1.807, 2.05) is 52.1 Å². The van der Waals surface area contributed by atoms with Crippen LogP contribution in [-0.4, -0.2) is 24.8 Å². The number of aryl methyl sites for hydroxylation is 1. The van der Waals surface area contributed by atoms with Crippen LogP contribution in [0.2, 0.25) is 0 Å². The highest BCUT2D eigenvalue weighted by Gasteiger charge is 2.45.